The zero-order valence-electron chi connectivity index (χ0n) is 12.7. The molecule has 0 fully saturated rings. The summed E-state index contributed by atoms with van der Waals surface area (Å²) in [6, 6.07) is 4.28. The van der Waals surface area contributed by atoms with Crippen LogP contribution in [0.1, 0.15) is 50.0 Å². The first kappa shape index (κ1) is 18.0. The van der Waals surface area contributed by atoms with Crippen molar-refractivity contribution in [3.63, 3.8) is 0 Å². The number of halogens is 1. The van der Waals surface area contributed by atoms with Gasteiger partial charge in [-0.1, -0.05) is 26.8 Å². The van der Waals surface area contributed by atoms with Gasteiger partial charge in [-0.05, 0) is 43.4 Å². The molecule has 0 aliphatic carbocycles. The number of carbonyl (C=O) groups is 1. The van der Waals surface area contributed by atoms with Crippen molar-refractivity contribution in [2.24, 2.45) is 5.92 Å². The van der Waals surface area contributed by atoms with Gasteiger partial charge in [-0.3, -0.25) is 0 Å². The number of esters is 1. The predicted molar refractivity (Wildman–Crippen MR) is 83.2 cm³/mol. The Kier molecular flexibility index (Phi) is 6.23. The van der Waals surface area contributed by atoms with E-state index in [0.29, 0.717) is 12.3 Å². The van der Waals surface area contributed by atoms with E-state index < -0.39 is 15.0 Å². The monoisotopic (exact) mass is 332 g/mol. The molecule has 0 radical (unpaired) electrons. The molecule has 1 unspecified atom stereocenters. The first-order chi connectivity index (χ1) is 9.65. The minimum Gasteiger partial charge on any atom is -0.459 e. The molecule has 0 saturated carbocycles. The molecule has 0 N–H and O–H groups in total. The lowest BCUT2D eigenvalue weighted by Crippen LogP contribution is -2.18. The maximum absolute atomic E-state index is 12.2. The maximum Gasteiger partial charge on any atom is 0.338 e. The Morgan fingerprint density at radius 2 is 1.90 bits per heavy atom. The zero-order chi connectivity index (χ0) is 16.2. The van der Waals surface area contributed by atoms with E-state index in [1.165, 1.54) is 12.1 Å². The van der Waals surface area contributed by atoms with E-state index in [2.05, 4.69) is 0 Å². The summed E-state index contributed by atoms with van der Waals surface area (Å²) in [4.78, 5) is 12.1. The molecule has 118 valence electrons. The van der Waals surface area contributed by atoms with Gasteiger partial charge in [-0.15, -0.1) is 0 Å². The fourth-order valence-corrected chi connectivity index (χ4v) is 2.94. The van der Waals surface area contributed by atoms with E-state index in [1.54, 1.807) is 6.07 Å². The molecule has 0 aromatic heterocycles. The van der Waals surface area contributed by atoms with Crippen molar-refractivity contribution in [3.8, 4) is 0 Å². The number of hydrogen-bond donors (Lipinski definition) is 0. The van der Waals surface area contributed by atoms with Crippen molar-refractivity contribution >= 4 is 25.7 Å². The molecule has 1 aromatic rings. The molecular weight excluding hydrogens is 312 g/mol. The van der Waals surface area contributed by atoms with Crippen molar-refractivity contribution in [1.29, 1.82) is 0 Å². The van der Waals surface area contributed by atoms with Crippen LogP contribution in [0, 0.1) is 5.92 Å². The van der Waals surface area contributed by atoms with Crippen molar-refractivity contribution in [2.45, 2.75) is 51.5 Å². The third-order valence-electron chi connectivity index (χ3n) is 3.08. The lowest BCUT2D eigenvalue weighted by molar-refractivity contribution is 0.0298. The summed E-state index contributed by atoms with van der Waals surface area (Å²) in [5.41, 5.74) is 0.996. The Hall–Kier alpha value is -1.07. The summed E-state index contributed by atoms with van der Waals surface area (Å²) in [5.74, 6) is -0.102. The number of rotatable bonds is 6. The molecule has 0 spiro atoms. The maximum atomic E-state index is 12.2. The van der Waals surface area contributed by atoms with Gasteiger partial charge in [-0.2, -0.15) is 0 Å². The number of ether oxygens (including phenoxy) is 1. The average Bonchev–Trinajstić information content (AvgIpc) is 2.35. The van der Waals surface area contributed by atoms with Crippen molar-refractivity contribution in [2.75, 3.05) is 0 Å². The first-order valence-electron chi connectivity index (χ1n) is 6.93. The Morgan fingerprint density at radius 1 is 1.29 bits per heavy atom. The van der Waals surface area contributed by atoms with Gasteiger partial charge in [-0.25, -0.2) is 13.2 Å². The van der Waals surface area contributed by atoms with Gasteiger partial charge in [0.1, 0.15) is 0 Å². The normalized spacial score (nSPS) is 13.2. The van der Waals surface area contributed by atoms with E-state index in [9.17, 15) is 13.2 Å². The van der Waals surface area contributed by atoms with Crippen LogP contribution in [0.25, 0.3) is 0 Å². The van der Waals surface area contributed by atoms with Crippen molar-refractivity contribution in [1.82, 2.24) is 0 Å². The Morgan fingerprint density at radius 3 is 2.38 bits per heavy atom. The van der Waals surface area contributed by atoms with Crippen molar-refractivity contribution < 1.29 is 17.9 Å². The molecule has 0 heterocycles. The van der Waals surface area contributed by atoms with Crippen molar-refractivity contribution in [3.05, 3.63) is 29.3 Å². The summed E-state index contributed by atoms with van der Waals surface area (Å²) < 4.78 is 28.2. The quantitative estimate of drug-likeness (QED) is 0.587. The topological polar surface area (TPSA) is 60.4 Å². The van der Waals surface area contributed by atoms with Gasteiger partial charge in [0.05, 0.1) is 16.6 Å². The van der Waals surface area contributed by atoms with E-state index in [4.69, 9.17) is 15.4 Å². The van der Waals surface area contributed by atoms with Gasteiger partial charge >= 0.3 is 5.97 Å². The summed E-state index contributed by atoms with van der Waals surface area (Å²) in [7, 11) is 1.46. The Bertz CT molecular complexity index is 608. The van der Waals surface area contributed by atoms with Gasteiger partial charge in [0, 0.05) is 10.7 Å². The minimum absolute atomic E-state index is 0.0928. The third kappa shape index (κ3) is 5.32. The van der Waals surface area contributed by atoms with Crippen LogP contribution in [0.3, 0.4) is 0 Å². The second kappa shape index (κ2) is 7.27. The largest absolute Gasteiger partial charge is 0.459 e. The fourth-order valence-electron chi connectivity index (χ4n) is 2.16. The number of benzene rings is 1. The number of hydrogen-bond acceptors (Lipinski definition) is 4. The molecule has 0 amide bonds. The van der Waals surface area contributed by atoms with Crippen LogP contribution >= 0.6 is 10.7 Å². The van der Waals surface area contributed by atoms with Crippen LogP contribution in [0.15, 0.2) is 23.1 Å². The zero-order valence-corrected chi connectivity index (χ0v) is 14.3. The lowest BCUT2D eigenvalue weighted by atomic mass is 10.0. The first-order valence-corrected chi connectivity index (χ1v) is 9.24. The van der Waals surface area contributed by atoms with Gasteiger partial charge in [0.15, 0.2) is 0 Å². The molecule has 0 saturated heterocycles. The molecule has 6 heteroatoms. The molecule has 4 nitrogen and oxygen atoms in total. The summed E-state index contributed by atoms with van der Waals surface area (Å²) >= 11 is 0. The highest BCUT2D eigenvalue weighted by Crippen LogP contribution is 2.21. The molecule has 21 heavy (non-hydrogen) atoms. The van der Waals surface area contributed by atoms with Gasteiger partial charge in [0.25, 0.3) is 9.05 Å². The Balaban J connectivity index is 3.07. The second-order valence-electron chi connectivity index (χ2n) is 5.46. The lowest BCUT2D eigenvalue weighted by Gasteiger charge is -2.16. The van der Waals surface area contributed by atoms with E-state index >= 15 is 0 Å². The Labute approximate surface area is 130 Å². The molecule has 0 bridgehead atoms. The summed E-state index contributed by atoms with van der Waals surface area (Å²) in [5, 5.41) is 0. The minimum atomic E-state index is -3.87. The summed E-state index contributed by atoms with van der Waals surface area (Å²) in [6.45, 7) is 7.80. The van der Waals surface area contributed by atoms with E-state index in [0.717, 1.165) is 12.0 Å². The second-order valence-corrected chi connectivity index (χ2v) is 8.02. The SMILES string of the molecule is CCc1ccc(S(=O)(=O)Cl)cc1C(=O)OC(C)CC(C)C. The van der Waals surface area contributed by atoms with Crippen LogP contribution in [0.4, 0.5) is 0 Å². The highest BCUT2D eigenvalue weighted by atomic mass is 35.7. The van der Waals surface area contributed by atoms with Crippen LogP contribution in [-0.4, -0.2) is 20.5 Å². The van der Waals surface area contributed by atoms with Gasteiger partial charge in [0.2, 0.25) is 0 Å². The highest BCUT2D eigenvalue weighted by molar-refractivity contribution is 8.13. The molecule has 0 aliphatic heterocycles. The third-order valence-corrected chi connectivity index (χ3v) is 4.43. The van der Waals surface area contributed by atoms with Gasteiger partial charge < -0.3 is 4.74 Å². The summed E-state index contributed by atoms with van der Waals surface area (Å²) in [6.07, 6.45) is 1.13. The highest BCUT2D eigenvalue weighted by Gasteiger charge is 2.19. The van der Waals surface area contributed by atoms with Crippen LogP contribution < -0.4 is 0 Å². The molecular formula is C15H21ClO4S. The predicted octanol–water partition coefficient (Wildman–Crippen LogP) is 3.77. The smallest absolute Gasteiger partial charge is 0.338 e. The van der Waals surface area contributed by atoms with Crippen LogP contribution in [-0.2, 0) is 20.2 Å². The molecule has 1 rings (SSSR count). The van der Waals surface area contributed by atoms with Crippen LogP contribution in [0.2, 0.25) is 0 Å². The average molecular weight is 333 g/mol. The fraction of sp³-hybridized carbons (Fsp3) is 0.533. The molecule has 0 aliphatic rings. The van der Waals surface area contributed by atoms with E-state index in [1.807, 2.05) is 27.7 Å². The number of aryl methyl sites for hydroxylation is 1. The standard InChI is InChI=1S/C15H21ClO4S/c1-5-12-6-7-13(21(16,18)19)9-14(12)15(17)20-11(4)8-10(2)3/h6-7,9-11H,5,8H2,1-4H3. The van der Waals surface area contributed by atoms with Crippen LogP contribution in [0.5, 0.6) is 0 Å². The number of carbonyl (C=O) groups excluding carboxylic acids is 1. The van der Waals surface area contributed by atoms with E-state index in [-0.39, 0.29) is 16.6 Å². The molecule has 1 atom stereocenters. The molecule has 1 aromatic carbocycles.